The highest BCUT2D eigenvalue weighted by Crippen LogP contribution is 2.47. The van der Waals surface area contributed by atoms with Crippen molar-refractivity contribution < 1.29 is 27.9 Å². The van der Waals surface area contributed by atoms with Crippen molar-refractivity contribution in [3.05, 3.63) is 76.5 Å². The molecule has 0 saturated carbocycles. The van der Waals surface area contributed by atoms with Gasteiger partial charge in [0, 0.05) is 42.6 Å². The molecule has 2 atom stereocenters. The van der Waals surface area contributed by atoms with Gasteiger partial charge < -0.3 is 5.11 Å². The Morgan fingerprint density at radius 3 is 2.46 bits per heavy atom. The summed E-state index contributed by atoms with van der Waals surface area (Å²) in [5.41, 5.74) is 1.45. The molecule has 2 unspecified atom stereocenters. The van der Waals surface area contributed by atoms with Crippen molar-refractivity contribution in [1.82, 2.24) is 15.2 Å². The summed E-state index contributed by atoms with van der Waals surface area (Å²) in [6.45, 7) is 7.48. The van der Waals surface area contributed by atoms with E-state index in [2.05, 4.69) is 10.2 Å². The lowest BCUT2D eigenvalue weighted by atomic mass is 9.66. The highest BCUT2D eigenvalue weighted by Gasteiger charge is 2.48. The number of aryl methyl sites for hydroxylation is 1. The van der Waals surface area contributed by atoms with E-state index in [1.807, 2.05) is 45.0 Å². The van der Waals surface area contributed by atoms with Gasteiger partial charge in [0.15, 0.2) is 0 Å². The van der Waals surface area contributed by atoms with Crippen molar-refractivity contribution in [3.63, 3.8) is 0 Å². The fraction of sp³-hybridized carbons (Fsp3) is 0.433. The van der Waals surface area contributed by atoms with E-state index in [0.29, 0.717) is 32.5 Å². The van der Waals surface area contributed by atoms with Gasteiger partial charge in [-0.1, -0.05) is 32.0 Å². The molecule has 2 fully saturated rings. The largest absolute Gasteiger partial charge is 0.416 e. The Kier molecular flexibility index (Phi) is 6.79. The third kappa shape index (κ3) is 5.17. The molecule has 0 radical (unpaired) electrons. The standard InChI is InChI=1S/C30H32F3N3O3/c1-18-24(23-9-11-26(37)35-27(23)38)15-20-14-22(8-10-25(20)34-18)29(39)12-13-36(17-28(29,2)3)16-19-4-6-21(7-5-19)30(31,32)33/h4-8,10,14-15,23,39H,9,11-13,16-17H2,1-3H3,(H,35,37,38). The van der Waals surface area contributed by atoms with E-state index in [0.717, 1.165) is 45.4 Å². The van der Waals surface area contributed by atoms with E-state index in [1.54, 1.807) is 0 Å². The number of halogens is 3. The zero-order valence-electron chi connectivity index (χ0n) is 22.2. The molecule has 5 rings (SSSR count). The number of nitrogens with one attached hydrogen (secondary N) is 1. The van der Waals surface area contributed by atoms with E-state index in [4.69, 9.17) is 4.98 Å². The molecule has 1 aromatic heterocycles. The molecule has 2 amide bonds. The van der Waals surface area contributed by atoms with Crippen LogP contribution < -0.4 is 5.32 Å². The molecule has 0 bridgehead atoms. The first kappa shape index (κ1) is 27.3. The zero-order valence-corrected chi connectivity index (χ0v) is 22.2. The number of hydrogen-bond donors (Lipinski definition) is 2. The van der Waals surface area contributed by atoms with Gasteiger partial charge in [-0.2, -0.15) is 13.2 Å². The predicted molar refractivity (Wildman–Crippen MR) is 141 cm³/mol. The van der Waals surface area contributed by atoms with Crippen molar-refractivity contribution in [1.29, 1.82) is 0 Å². The second-order valence-electron chi connectivity index (χ2n) is 11.5. The Hall–Kier alpha value is -3.30. The number of aromatic nitrogens is 1. The fourth-order valence-electron chi connectivity index (χ4n) is 6.04. The van der Waals surface area contributed by atoms with Gasteiger partial charge in [0.25, 0.3) is 0 Å². The zero-order chi connectivity index (χ0) is 28.2. The maximum Gasteiger partial charge on any atom is 0.416 e. The number of carbonyl (C=O) groups is 2. The summed E-state index contributed by atoms with van der Waals surface area (Å²) >= 11 is 0. The van der Waals surface area contributed by atoms with Crippen molar-refractivity contribution in [2.24, 2.45) is 5.41 Å². The molecule has 2 saturated heterocycles. The van der Waals surface area contributed by atoms with Crippen molar-refractivity contribution in [2.75, 3.05) is 13.1 Å². The number of nitrogens with zero attached hydrogens (tertiary/aromatic N) is 2. The Labute approximate surface area is 225 Å². The van der Waals surface area contributed by atoms with Crippen molar-refractivity contribution in [3.8, 4) is 0 Å². The van der Waals surface area contributed by atoms with Crippen LogP contribution in [0.15, 0.2) is 48.5 Å². The number of rotatable bonds is 4. The lowest BCUT2D eigenvalue weighted by Gasteiger charge is -2.50. The molecule has 2 aromatic carbocycles. The van der Waals surface area contributed by atoms with Gasteiger partial charge in [-0.25, -0.2) is 0 Å². The van der Waals surface area contributed by atoms with E-state index in [-0.39, 0.29) is 18.2 Å². The molecule has 3 heterocycles. The topological polar surface area (TPSA) is 82.5 Å². The average molecular weight is 540 g/mol. The van der Waals surface area contributed by atoms with Crippen LogP contribution in [0.5, 0.6) is 0 Å². The van der Waals surface area contributed by atoms with E-state index >= 15 is 0 Å². The quantitative estimate of drug-likeness (QED) is 0.446. The third-order valence-electron chi connectivity index (χ3n) is 8.35. The molecule has 6 nitrogen and oxygen atoms in total. The molecule has 0 spiro atoms. The summed E-state index contributed by atoms with van der Waals surface area (Å²) in [4.78, 5) is 31.0. The molecular formula is C30H32F3N3O3. The lowest BCUT2D eigenvalue weighted by Crippen LogP contribution is -2.55. The van der Waals surface area contributed by atoms with Crippen LogP contribution in [0.25, 0.3) is 10.9 Å². The number of piperidine rings is 2. The van der Waals surface area contributed by atoms with Crippen molar-refractivity contribution >= 4 is 22.7 Å². The Morgan fingerprint density at radius 1 is 1.10 bits per heavy atom. The molecule has 2 N–H and O–H groups in total. The number of benzene rings is 2. The Bertz CT molecular complexity index is 1440. The number of alkyl halides is 3. The summed E-state index contributed by atoms with van der Waals surface area (Å²) in [6.07, 6.45) is -3.20. The minimum atomic E-state index is -4.36. The first-order valence-corrected chi connectivity index (χ1v) is 13.1. The van der Waals surface area contributed by atoms with Gasteiger partial charge in [-0.05, 0) is 66.8 Å². The number of amides is 2. The highest BCUT2D eigenvalue weighted by molar-refractivity contribution is 6.01. The SMILES string of the molecule is Cc1nc2ccc(C3(O)CCN(Cc4ccc(C(F)(F)F)cc4)CC3(C)C)cc2cc1C1CCC(=O)NC1=O. The molecule has 2 aliphatic heterocycles. The monoisotopic (exact) mass is 539 g/mol. The van der Waals surface area contributed by atoms with Gasteiger partial charge in [-0.3, -0.25) is 24.8 Å². The van der Waals surface area contributed by atoms with E-state index in [9.17, 15) is 27.9 Å². The van der Waals surface area contributed by atoms with Gasteiger partial charge in [0.2, 0.25) is 11.8 Å². The third-order valence-corrected chi connectivity index (χ3v) is 8.35. The number of aliphatic hydroxyl groups is 1. The number of fused-ring (bicyclic) bond motifs is 1. The number of hydrogen-bond acceptors (Lipinski definition) is 5. The average Bonchev–Trinajstić information content (AvgIpc) is 2.85. The van der Waals surface area contributed by atoms with Gasteiger partial charge in [-0.15, -0.1) is 0 Å². The van der Waals surface area contributed by atoms with Gasteiger partial charge in [0.05, 0.1) is 22.6 Å². The predicted octanol–water partition coefficient (Wildman–Crippen LogP) is 5.20. The van der Waals surface area contributed by atoms with E-state index in [1.165, 1.54) is 12.1 Å². The minimum Gasteiger partial charge on any atom is -0.385 e. The second kappa shape index (κ2) is 9.71. The summed E-state index contributed by atoms with van der Waals surface area (Å²) in [5, 5.41) is 15.2. The number of likely N-dealkylation sites (tertiary alicyclic amines) is 1. The molecule has 39 heavy (non-hydrogen) atoms. The van der Waals surface area contributed by atoms with Crippen LogP contribution in [0, 0.1) is 12.3 Å². The fourth-order valence-corrected chi connectivity index (χ4v) is 6.04. The van der Waals surface area contributed by atoms with E-state index < -0.39 is 28.7 Å². The maximum absolute atomic E-state index is 12.9. The second-order valence-corrected chi connectivity index (χ2v) is 11.5. The van der Waals surface area contributed by atoms with Crippen LogP contribution >= 0.6 is 0 Å². The molecule has 3 aromatic rings. The van der Waals surface area contributed by atoms with Crippen LogP contribution in [-0.4, -0.2) is 39.9 Å². The molecule has 2 aliphatic rings. The molecule has 0 aliphatic carbocycles. The Balaban J connectivity index is 1.38. The maximum atomic E-state index is 12.9. The molecular weight excluding hydrogens is 507 g/mol. The summed E-state index contributed by atoms with van der Waals surface area (Å²) in [6, 6.07) is 12.9. The summed E-state index contributed by atoms with van der Waals surface area (Å²) in [7, 11) is 0. The molecule has 206 valence electrons. The van der Waals surface area contributed by atoms with Crippen LogP contribution in [0.2, 0.25) is 0 Å². The normalized spacial score (nSPS) is 24.1. The van der Waals surface area contributed by atoms with Gasteiger partial charge in [0.1, 0.15) is 0 Å². The highest BCUT2D eigenvalue weighted by atomic mass is 19.4. The summed E-state index contributed by atoms with van der Waals surface area (Å²) < 4.78 is 38.8. The number of pyridine rings is 1. The van der Waals surface area contributed by atoms with Crippen LogP contribution in [-0.2, 0) is 27.9 Å². The van der Waals surface area contributed by atoms with Crippen LogP contribution in [0.4, 0.5) is 13.2 Å². The number of carbonyl (C=O) groups excluding carboxylic acids is 2. The minimum absolute atomic E-state index is 0.265. The first-order valence-electron chi connectivity index (χ1n) is 13.1. The van der Waals surface area contributed by atoms with Crippen LogP contribution in [0.1, 0.15) is 67.0 Å². The van der Waals surface area contributed by atoms with Gasteiger partial charge >= 0.3 is 6.18 Å². The summed E-state index contributed by atoms with van der Waals surface area (Å²) in [5.74, 6) is -1.03. The Morgan fingerprint density at radius 2 is 1.82 bits per heavy atom. The van der Waals surface area contributed by atoms with Crippen molar-refractivity contribution in [2.45, 2.75) is 64.3 Å². The lowest BCUT2D eigenvalue weighted by molar-refractivity contribution is -0.138. The van der Waals surface area contributed by atoms with Crippen LogP contribution in [0.3, 0.4) is 0 Å². The molecule has 9 heteroatoms. The first-order chi connectivity index (χ1) is 18.3. The smallest absolute Gasteiger partial charge is 0.385 e. The number of imide groups is 1.